The number of methoxy groups -OCH3 is 1. The number of halogens is 1. The van der Waals surface area contributed by atoms with E-state index in [1.807, 2.05) is 0 Å². The fourth-order valence-corrected chi connectivity index (χ4v) is 2.81. The van der Waals surface area contributed by atoms with Crippen LogP contribution >= 0.6 is 0 Å². The molecule has 0 aromatic heterocycles. The molecule has 1 heterocycles. The van der Waals surface area contributed by atoms with Gasteiger partial charge in [-0.1, -0.05) is 0 Å². The highest BCUT2D eigenvalue weighted by Crippen LogP contribution is 2.39. The molecule has 1 aliphatic heterocycles. The summed E-state index contributed by atoms with van der Waals surface area (Å²) in [5, 5.41) is 3.36. The summed E-state index contributed by atoms with van der Waals surface area (Å²) in [6.45, 7) is 2.10. The Bertz CT molecular complexity index is 468. The smallest absolute Gasteiger partial charge is 0.164 e. The quantitative estimate of drug-likeness (QED) is 0.899. The highest BCUT2D eigenvalue weighted by Gasteiger charge is 2.27. The molecule has 0 bridgehead atoms. The normalized spacial score (nSPS) is 19.9. The molecule has 2 aliphatic rings. The first-order chi connectivity index (χ1) is 9.76. The fraction of sp³-hybridized carbons (Fsp3) is 0.625. The minimum absolute atomic E-state index is 0.242. The van der Waals surface area contributed by atoms with E-state index in [1.165, 1.54) is 6.07 Å². The first-order valence-corrected chi connectivity index (χ1v) is 7.50. The minimum atomic E-state index is -0.242. The average molecular weight is 279 g/mol. The van der Waals surface area contributed by atoms with Gasteiger partial charge in [-0.2, -0.15) is 0 Å². The summed E-state index contributed by atoms with van der Waals surface area (Å²) < 4.78 is 25.0. The third kappa shape index (κ3) is 3.23. The zero-order valence-electron chi connectivity index (χ0n) is 12.0. The predicted molar refractivity (Wildman–Crippen MR) is 75.9 cm³/mol. The molecule has 1 aromatic carbocycles. The van der Waals surface area contributed by atoms with Crippen LogP contribution in [-0.4, -0.2) is 26.3 Å². The number of piperidine rings is 1. The van der Waals surface area contributed by atoms with Gasteiger partial charge in [0.15, 0.2) is 11.5 Å². The third-order valence-electron chi connectivity index (χ3n) is 4.09. The Kier molecular flexibility index (Phi) is 4.10. The number of benzene rings is 1. The lowest BCUT2D eigenvalue weighted by atomic mass is 9.90. The van der Waals surface area contributed by atoms with Gasteiger partial charge >= 0.3 is 0 Å². The molecule has 2 fully saturated rings. The molecule has 0 spiro atoms. The van der Waals surface area contributed by atoms with E-state index in [0.29, 0.717) is 17.8 Å². The van der Waals surface area contributed by atoms with E-state index in [-0.39, 0.29) is 5.82 Å². The Labute approximate surface area is 119 Å². The van der Waals surface area contributed by atoms with Gasteiger partial charge in [0, 0.05) is 11.6 Å². The third-order valence-corrected chi connectivity index (χ3v) is 4.09. The van der Waals surface area contributed by atoms with Crippen LogP contribution in [0.15, 0.2) is 12.1 Å². The summed E-state index contributed by atoms with van der Waals surface area (Å²) in [6, 6.07) is 3.03. The zero-order valence-corrected chi connectivity index (χ0v) is 12.0. The van der Waals surface area contributed by atoms with Gasteiger partial charge in [-0.15, -0.1) is 0 Å². The highest BCUT2D eigenvalue weighted by molar-refractivity contribution is 5.47. The molecule has 0 amide bonds. The fourth-order valence-electron chi connectivity index (χ4n) is 2.81. The van der Waals surface area contributed by atoms with Crippen LogP contribution in [0.3, 0.4) is 0 Å². The van der Waals surface area contributed by atoms with E-state index >= 15 is 0 Å². The second-order valence-corrected chi connectivity index (χ2v) is 5.81. The molecular formula is C16H22FNO2. The van der Waals surface area contributed by atoms with E-state index in [1.54, 1.807) is 13.2 Å². The van der Waals surface area contributed by atoms with E-state index in [0.717, 1.165) is 56.5 Å². The van der Waals surface area contributed by atoms with Gasteiger partial charge in [0.05, 0.1) is 13.2 Å². The Morgan fingerprint density at radius 2 is 1.95 bits per heavy atom. The van der Waals surface area contributed by atoms with Gasteiger partial charge in [0.1, 0.15) is 5.82 Å². The highest BCUT2D eigenvalue weighted by atomic mass is 19.1. The number of ether oxygens (including phenoxy) is 2. The van der Waals surface area contributed by atoms with Crippen LogP contribution in [0.5, 0.6) is 11.5 Å². The second-order valence-electron chi connectivity index (χ2n) is 5.81. The number of hydrogen-bond acceptors (Lipinski definition) is 3. The first-order valence-electron chi connectivity index (χ1n) is 7.50. The van der Waals surface area contributed by atoms with Crippen molar-refractivity contribution in [2.24, 2.45) is 5.92 Å². The Morgan fingerprint density at radius 1 is 1.20 bits per heavy atom. The van der Waals surface area contributed by atoms with Gasteiger partial charge in [0.25, 0.3) is 0 Å². The van der Waals surface area contributed by atoms with Gasteiger partial charge in [0.2, 0.25) is 0 Å². The van der Waals surface area contributed by atoms with Crippen LogP contribution in [0.2, 0.25) is 0 Å². The van der Waals surface area contributed by atoms with Crippen LogP contribution in [0.25, 0.3) is 0 Å². The molecule has 0 unspecified atom stereocenters. The van der Waals surface area contributed by atoms with Gasteiger partial charge in [-0.25, -0.2) is 4.39 Å². The van der Waals surface area contributed by atoms with Crippen molar-refractivity contribution in [3.63, 3.8) is 0 Å². The van der Waals surface area contributed by atoms with Crippen molar-refractivity contribution in [2.75, 3.05) is 20.2 Å². The molecule has 3 nitrogen and oxygen atoms in total. The summed E-state index contributed by atoms with van der Waals surface area (Å²) >= 11 is 0. The maximum absolute atomic E-state index is 13.8. The van der Waals surface area contributed by atoms with Crippen LogP contribution in [0.1, 0.15) is 31.2 Å². The van der Waals surface area contributed by atoms with Crippen molar-refractivity contribution in [1.82, 2.24) is 5.32 Å². The monoisotopic (exact) mass is 279 g/mol. The molecule has 4 heteroatoms. The summed E-state index contributed by atoms with van der Waals surface area (Å²) in [7, 11) is 1.57. The van der Waals surface area contributed by atoms with Crippen LogP contribution in [0.4, 0.5) is 4.39 Å². The van der Waals surface area contributed by atoms with Crippen LogP contribution in [0, 0.1) is 11.7 Å². The maximum Gasteiger partial charge on any atom is 0.164 e. The maximum atomic E-state index is 13.8. The van der Waals surface area contributed by atoms with Crippen LogP contribution < -0.4 is 14.8 Å². The first kappa shape index (κ1) is 13.7. The summed E-state index contributed by atoms with van der Waals surface area (Å²) in [5.74, 6) is 1.65. The number of hydrogen-bond donors (Lipinski definition) is 1. The van der Waals surface area contributed by atoms with Crippen molar-refractivity contribution < 1.29 is 13.9 Å². The molecule has 0 radical (unpaired) electrons. The second kappa shape index (κ2) is 6.00. The van der Waals surface area contributed by atoms with Gasteiger partial charge in [-0.3, -0.25) is 0 Å². The lowest BCUT2D eigenvalue weighted by molar-refractivity contribution is 0.274. The zero-order chi connectivity index (χ0) is 13.9. The molecule has 3 rings (SSSR count). The molecule has 1 N–H and O–H groups in total. The van der Waals surface area contributed by atoms with Gasteiger partial charge < -0.3 is 14.8 Å². The minimum Gasteiger partial charge on any atom is -0.493 e. The van der Waals surface area contributed by atoms with E-state index in [9.17, 15) is 4.39 Å². The standard InChI is InChI=1S/C16H22FNO2/c1-19-15-10-13(17)9-12(16(15)20-14-2-3-14)8-11-4-6-18-7-5-11/h9-11,14,18H,2-8H2,1H3. The van der Waals surface area contributed by atoms with Crippen LogP contribution in [-0.2, 0) is 6.42 Å². The largest absolute Gasteiger partial charge is 0.493 e. The lowest BCUT2D eigenvalue weighted by Crippen LogP contribution is -2.28. The Hall–Kier alpha value is -1.29. The summed E-state index contributed by atoms with van der Waals surface area (Å²) in [6.07, 6.45) is 5.63. The average Bonchev–Trinajstić information content (AvgIpc) is 3.26. The lowest BCUT2D eigenvalue weighted by Gasteiger charge is -2.24. The number of nitrogens with one attached hydrogen (secondary N) is 1. The molecule has 1 aliphatic carbocycles. The molecule has 20 heavy (non-hydrogen) atoms. The van der Waals surface area contributed by atoms with Crippen molar-refractivity contribution in [2.45, 2.75) is 38.2 Å². The van der Waals surface area contributed by atoms with Crippen molar-refractivity contribution in [3.05, 3.63) is 23.5 Å². The Balaban J connectivity index is 1.83. The predicted octanol–water partition coefficient (Wildman–Crippen LogP) is 2.92. The number of rotatable bonds is 5. The topological polar surface area (TPSA) is 30.5 Å². The molecule has 1 saturated carbocycles. The van der Waals surface area contributed by atoms with Crippen molar-refractivity contribution in [1.29, 1.82) is 0 Å². The van der Waals surface area contributed by atoms with Crippen molar-refractivity contribution in [3.8, 4) is 11.5 Å². The molecule has 0 atom stereocenters. The van der Waals surface area contributed by atoms with Gasteiger partial charge in [-0.05, 0) is 57.2 Å². The molecular weight excluding hydrogens is 257 g/mol. The summed E-state index contributed by atoms with van der Waals surface area (Å²) in [5.41, 5.74) is 0.959. The van der Waals surface area contributed by atoms with E-state index in [2.05, 4.69) is 5.32 Å². The molecule has 110 valence electrons. The molecule has 1 aromatic rings. The van der Waals surface area contributed by atoms with Crippen molar-refractivity contribution >= 4 is 0 Å². The van der Waals surface area contributed by atoms with E-state index < -0.39 is 0 Å². The summed E-state index contributed by atoms with van der Waals surface area (Å²) in [4.78, 5) is 0. The Morgan fingerprint density at radius 3 is 2.60 bits per heavy atom. The SMILES string of the molecule is COc1cc(F)cc(CC2CCNCC2)c1OC1CC1. The molecule has 1 saturated heterocycles. The van der Waals surface area contributed by atoms with E-state index in [4.69, 9.17) is 9.47 Å².